The zero-order chi connectivity index (χ0) is 22.2. The average Bonchev–Trinajstić information content (AvgIpc) is 3.14. The molecule has 7 nitrogen and oxygen atoms in total. The van der Waals surface area contributed by atoms with E-state index in [1.165, 1.54) is 38.2 Å². The highest BCUT2D eigenvalue weighted by Crippen LogP contribution is 2.24. The van der Waals surface area contributed by atoms with Crippen LogP contribution in [0.5, 0.6) is 0 Å². The van der Waals surface area contributed by atoms with Crippen molar-refractivity contribution in [2.45, 2.75) is 38.5 Å². The first kappa shape index (κ1) is 23.5. The maximum atomic E-state index is 6.18. The number of ether oxygens (including phenoxy) is 1. The van der Waals surface area contributed by atoms with Gasteiger partial charge in [-0.2, -0.15) is 0 Å². The zero-order valence-electron chi connectivity index (χ0n) is 20.1. The monoisotopic (exact) mass is 442 g/mol. The Morgan fingerprint density at radius 3 is 2.81 bits per heavy atom. The lowest BCUT2D eigenvalue weighted by atomic mass is 10.1. The van der Waals surface area contributed by atoms with Crippen molar-refractivity contribution in [1.29, 1.82) is 0 Å². The Morgan fingerprint density at radius 2 is 1.97 bits per heavy atom. The fraction of sp³-hybridized carbons (Fsp3) is 0.720. The van der Waals surface area contributed by atoms with Crippen LogP contribution in [-0.2, 0) is 11.3 Å². The van der Waals surface area contributed by atoms with Crippen molar-refractivity contribution in [1.82, 2.24) is 24.9 Å². The average molecular weight is 443 g/mol. The number of nitrogens with zero attached hydrogens (tertiary/aromatic N) is 5. The van der Waals surface area contributed by atoms with Crippen molar-refractivity contribution in [3.63, 3.8) is 0 Å². The quantitative estimate of drug-likeness (QED) is 0.393. The molecule has 0 radical (unpaired) electrons. The first-order chi connectivity index (χ1) is 15.7. The number of morpholine rings is 1. The minimum absolute atomic E-state index is 0.269. The first-order valence-electron chi connectivity index (χ1n) is 12.6. The van der Waals surface area contributed by atoms with Crippen LogP contribution in [0.3, 0.4) is 0 Å². The molecule has 178 valence electrons. The molecule has 0 aromatic heterocycles. The van der Waals surface area contributed by atoms with Gasteiger partial charge in [-0.25, -0.2) is 0 Å². The second kappa shape index (κ2) is 12.0. The maximum Gasteiger partial charge on any atom is 0.194 e. The van der Waals surface area contributed by atoms with Crippen LogP contribution < -0.4 is 5.32 Å². The molecule has 4 rings (SSSR count). The smallest absolute Gasteiger partial charge is 0.194 e. The Balaban J connectivity index is 1.30. The van der Waals surface area contributed by atoms with Crippen LogP contribution in [0.2, 0.25) is 0 Å². The third kappa shape index (κ3) is 6.44. The highest BCUT2D eigenvalue weighted by Gasteiger charge is 2.41. The predicted molar refractivity (Wildman–Crippen MR) is 131 cm³/mol. The van der Waals surface area contributed by atoms with Gasteiger partial charge in [-0.3, -0.25) is 9.89 Å². The van der Waals surface area contributed by atoms with E-state index in [0.29, 0.717) is 6.04 Å². The van der Waals surface area contributed by atoms with Gasteiger partial charge in [0.2, 0.25) is 0 Å². The number of hydrogen-bond acceptors (Lipinski definition) is 5. The summed E-state index contributed by atoms with van der Waals surface area (Å²) in [6.07, 6.45) is 2.67. The summed E-state index contributed by atoms with van der Waals surface area (Å²) in [6.45, 7) is 14.6. The van der Waals surface area contributed by atoms with E-state index in [4.69, 9.17) is 9.73 Å². The van der Waals surface area contributed by atoms with E-state index in [9.17, 15) is 0 Å². The van der Waals surface area contributed by atoms with Crippen LogP contribution in [0.4, 0.5) is 0 Å². The van der Waals surface area contributed by atoms with Crippen molar-refractivity contribution in [3.05, 3.63) is 35.9 Å². The molecule has 0 aliphatic carbocycles. The van der Waals surface area contributed by atoms with Gasteiger partial charge in [0.15, 0.2) is 5.96 Å². The number of fused-ring (bicyclic) bond motifs is 1. The number of likely N-dealkylation sites (N-methyl/N-ethyl adjacent to an activating group) is 1. The Kier molecular flexibility index (Phi) is 8.79. The molecular formula is C25H42N6O. The molecule has 2 unspecified atom stereocenters. The number of guanidine groups is 1. The largest absolute Gasteiger partial charge is 0.373 e. The summed E-state index contributed by atoms with van der Waals surface area (Å²) in [6, 6.07) is 11.2. The molecule has 3 heterocycles. The number of likely N-dealkylation sites (tertiary alicyclic amines) is 1. The number of benzene rings is 1. The molecule has 0 amide bonds. The first-order valence-corrected chi connectivity index (χ1v) is 12.6. The Hall–Kier alpha value is -1.67. The fourth-order valence-corrected chi connectivity index (χ4v) is 5.17. The van der Waals surface area contributed by atoms with Crippen molar-refractivity contribution in [2.24, 2.45) is 4.99 Å². The summed E-state index contributed by atoms with van der Waals surface area (Å²) >= 11 is 0. The predicted octanol–water partition coefficient (Wildman–Crippen LogP) is 1.56. The minimum Gasteiger partial charge on any atom is -0.373 e. The SMILES string of the molecule is CCNC(=NCCCN1CCCN(C)CC1)N1CC2OCCN(Cc3ccccc3)C2C1. The van der Waals surface area contributed by atoms with Gasteiger partial charge in [0, 0.05) is 52.4 Å². The van der Waals surface area contributed by atoms with Crippen LogP contribution in [0.1, 0.15) is 25.3 Å². The second-order valence-electron chi connectivity index (χ2n) is 9.43. The molecule has 7 heteroatoms. The molecule has 3 fully saturated rings. The normalized spacial score (nSPS) is 26.2. The summed E-state index contributed by atoms with van der Waals surface area (Å²) in [5.41, 5.74) is 1.38. The van der Waals surface area contributed by atoms with Crippen LogP contribution >= 0.6 is 0 Å². The standard InChI is InChI=1S/C25H42N6O/c1-3-26-25(27-11-7-13-29-14-8-12-28(2)15-16-29)31-20-23-24(21-31)32-18-17-30(23)19-22-9-5-4-6-10-22/h4-6,9-10,23-24H,3,7-8,11-21H2,1-2H3,(H,26,27). The highest BCUT2D eigenvalue weighted by atomic mass is 16.5. The van der Waals surface area contributed by atoms with E-state index in [1.807, 2.05) is 0 Å². The number of rotatable bonds is 7. The molecular weight excluding hydrogens is 400 g/mol. The lowest BCUT2D eigenvalue weighted by molar-refractivity contribution is -0.0502. The number of nitrogens with one attached hydrogen (secondary N) is 1. The lowest BCUT2D eigenvalue weighted by Crippen LogP contribution is -2.50. The second-order valence-corrected chi connectivity index (χ2v) is 9.43. The van der Waals surface area contributed by atoms with E-state index in [1.54, 1.807) is 0 Å². The van der Waals surface area contributed by atoms with E-state index in [2.05, 4.69) is 69.2 Å². The highest BCUT2D eigenvalue weighted by molar-refractivity contribution is 5.80. The Bertz CT molecular complexity index is 714. The van der Waals surface area contributed by atoms with Gasteiger partial charge in [0.1, 0.15) is 0 Å². The summed E-state index contributed by atoms with van der Waals surface area (Å²) in [5, 5.41) is 3.53. The molecule has 0 saturated carbocycles. The fourth-order valence-electron chi connectivity index (χ4n) is 5.17. The maximum absolute atomic E-state index is 6.18. The van der Waals surface area contributed by atoms with Gasteiger partial charge in [0.25, 0.3) is 0 Å². The molecule has 0 bridgehead atoms. The third-order valence-corrected chi connectivity index (χ3v) is 6.99. The Morgan fingerprint density at radius 1 is 1.09 bits per heavy atom. The van der Waals surface area contributed by atoms with Crippen LogP contribution in [0, 0.1) is 0 Å². The number of hydrogen-bond donors (Lipinski definition) is 1. The van der Waals surface area contributed by atoms with Crippen molar-refractivity contribution in [2.75, 3.05) is 79.1 Å². The van der Waals surface area contributed by atoms with Crippen molar-refractivity contribution >= 4 is 5.96 Å². The number of aliphatic imine (C=N–C) groups is 1. The molecule has 3 aliphatic heterocycles. The summed E-state index contributed by atoms with van der Waals surface area (Å²) < 4.78 is 6.18. The summed E-state index contributed by atoms with van der Waals surface area (Å²) in [5.74, 6) is 1.06. The zero-order valence-corrected chi connectivity index (χ0v) is 20.1. The van der Waals surface area contributed by atoms with Crippen LogP contribution in [0.15, 0.2) is 35.3 Å². The van der Waals surface area contributed by atoms with E-state index in [-0.39, 0.29) is 6.10 Å². The molecule has 3 aliphatic rings. The Labute approximate surface area is 194 Å². The minimum atomic E-state index is 0.269. The van der Waals surface area contributed by atoms with Gasteiger partial charge in [0.05, 0.1) is 18.8 Å². The van der Waals surface area contributed by atoms with Crippen molar-refractivity contribution in [3.8, 4) is 0 Å². The third-order valence-electron chi connectivity index (χ3n) is 6.99. The molecule has 1 aromatic rings. The van der Waals surface area contributed by atoms with Gasteiger partial charge < -0.3 is 24.8 Å². The summed E-state index contributed by atoms with van der Waals surface area (Å²) in [4.78, 5) is 15.1. The van der Waals surface area contributed by atoms with Gasteiger partial charge >= 0.3 is 0 Å². The molecule has 1 N–H and O–H groups in total. The molecule has 0 spiro atoms. The van der Waals surface area contributed by atoms with Gasteiger partial charge in [-0.05, 0) is 52.0 Å². The summed E-state index contributed by atoms with van der Waals surface area (Å²) in [7, 11) is 2.23. The van der Waals surface area contributed by atoms with Gasteiger partial charge in [-0.15, -0.1) is 0 Å². The van der Waals surface area contributed by atoms with Crippen molar-refractivity contribution < 1.29 is 4.74 Å². The van der Waals surface area contributed by atoms with Gasteiger partial charge in [-0.1, -0.05) is 30.3 Å². The molecule has 2 atom stereocenters. The van der Waals surface area contributed by atoms with E-state index < -0.39 is 0 Å². The van der Waals surface area contributed by atoms with E-state index in [0.717, 1.165) is 64.8 Å². The molecule has 1 aromatic carbocycles. The lowest BCUT2D eigenvalue weighted by Gasteiger charge is -2.36. The molecule has 3 saturated heterocycles. The van der Waals surface area contributed by atoms with Crippen LogP contribution in [-0.4, -0.2) is 117 Å². The van der Waals surface area contributed by atoms with E-state index >= 15 is 0 Å². The van der Waals surface area contributed by atoms with Crippen LogP contribution in [0.25, 0.3) is 0 Å². The molecule has 32 heavy (non-hydrogen) atoms. The topological polar surface area (TPSA) is 46.6 Å².